The summed E-state index contributed by atoms with van der Waals surface area (Å²) >= 11 is 1.37. The zero-order valence-electron chi connectivity index (χ0n) is 12.7. The van der Waals surface area contributed by atoms with E-state index in [1.807, 2.05) is 30.3 Å². The topological polar surface area (TPSA) is 59.3 Å². The van der Waals surface area contributed by atoms with Gasteiger partial charge >= 0.3 is 0 Å². The lowest BCUT2D eigenvalue weighted by molar-refractivity contribution is 0.919. The molecule has 0 spiro atoms. The monoisotopic (exact) mass is 322 g/mol. The van der Waals surface area contributed by atoms with Crippen molar-refractivity contribution >= 4 is 38.0 Å². The van der Waals surface area contributed by atoms with Gasteiger partial charge in [0.1, 0.15) is 0 Å². The third-order valence-electron chi connectivity index (χ3n) is 3.95. The van der Waals surface area contributed by atoms with Crippen LogP contribution < -0.4 is 10.9 Å². The molecular weight excluding hydrogens is 308 g/mol. The molecule has 0 bridgehead atoms. The first-order valence-corrected chi connectivity index (χ1v) is 8.07. The lowest BCUT2D eigenvalue weighted by Crippen LogP contribution is -2.15. The molecule has 5 nitrogen and oxygen atoms in total. The number of rotatable bonds is 2. The van der Waals surface area contributed by atoms with Gasteiger partial charge in [0.25, 0.3) is 5.56 Å². The fraction of sp³-hybridized carbons (Fsp3) is 0.118. The number of hydrogen-bond donors (Lipinski definition) is 1. The number of anilines is 2. The molecule has 114 valence electrons. The van der Waals surface area contributed by atoms with Crippen LogP contribution in [0.4, 0.5) is 10.8 Å². The predicted molar refractivity (Wildman–Crippen MR) is 93.8 cm³/mol. The van der Waals surface area contributed by atoms with Gasteiger partial charge in [0.15, 0.2) is 0 Å². The summed E-state index contributed by atoms with van der Waals surface area (Å²) in [5.74, 6) is 0. The van der Waals surface area contributed by atoms with Crippen LogP contribution in [0.15, 0.2) is 47.3 Å². The highest BCUT2D eigenvalue weighted by atomic mass is 32.1. The Morgan fingerprint density at radius 3 is 2.78 bits per heavy atom. The molecule has 2 aromatic heterocycles. The molecule has 1 N–H and O–H groups in total. The quantitative estimate of drug-likeness (QED) is 0.612. The van der Waals surface area contributed by atoms with Crippen molar-refractivity contribution in [2.75, 3.05) is 5.32 Å². The molecule has 2 aromatic carbocycles. The summed E-state index contributed by atoms with van der Waals surface area (Å²) in [6, 6.07) is 13.4. The van der Waals surface area contributed by atoms with E-state index in [1.165, 1.54) is 21.4 Å². The third kappa shape index (κ3) is 2.27. The molecule has 0 unspecified atom stereocenters. The van der Waals surface area contributed by atoms with Crippen LogP contribution in [0.2, 0.25) is 0 Å². The molecule has 23 heavy (non-hydrogen) atoms. The van der Waals surface area contributed by atoms with Crippen molar-refractivity contribution in [1.29, 1.82) is 0 Å². The fourth-order valence-corrected chi connectivity index (χ4v) is 3.32. The van der Waals surface area contributed by atoms with Gasteiger partial charge in [0.2, 0.25) is 10.1 Å². The van der Waals surface area contributed by atoms with Gasteiger partial charge in [-0.3, -0.25) is 4.79 Å². The largest absolute Gasteiger partial charge is 0.330 e. The van der Waals surface area contributed by atoms with E-state index in [4.69, 9.17) is 0 Å². The fourth-order valence-electron chi connectivity index (χ4n) is 2.51. The van der Waals surface area contributed by atoms with Crippen LogP contribution in [0, 0.1) is 13.8 Å². The Morgan fingerprint density at radius 1 is 1.09 bits per heavy atom. The van der Waals surface area contributed by atoms with Gasteiger partial charge in [-0.05, 0) is 43.2 Å². The molecule has 0 saturated carbocycles. The van der Waals surface area contributed by atoms with Crippen LogP contribution in [-0.2, 0) is 0 Å². The molecule has 0 fully saturated rings. The summed E-state index contributed by atoms with van der Waals surface area (Å²) in [6.45, 7) is 4.13. The van der Waals surface area contributed by atoms with Gasteiger partial charge in [-0.25, -0.2) is 4.98 Å². The van der Waals surface area contributed by atoms with Gasteiger partial charge in [-0.15, -0.1) is 5.10 Å². The van der Waals surface area contributed by atoms with Crippen LogP contribution in [-0.4, -0.2) is 14.6 Å². The molecule has 4 rings (SSSR count). The average molecular weight is 322 g/mol. The number of benzene rings is 2. The number of aromatic nitrogens is 3. The number of nitrogens with zero attached hydrogens (tertiary/aromatic N) is 3. The Labute approximate surface area is 136 Å². The van der Waals surface area contributed by atoms with Crippen molar-refractivity contribution in [2.45, 2.75) is 13.8 Å². The zero-order valence-corrected chi connectivity index (χ0v) is 13.5. The maximum absolute atomic E-state index is 12.5. The molecule has 2 heterocycles. The second kappa shape index (κ2) is 5.17. The van der Waals surface area contributed by atoms with Crippen molar-refractivity contribution in [2.24, 2.45) is 0 Å². The SMILES string of the molecule is Cc1cccc(Nc2nn3c(=O)c4ccccc4nc3s2)c1C. The molecule has 0 aliphatic carbocycles. The highest BCUT2D eigenvalue weighted by Gasteiger charge is 2.11. The molecular formula is C17H14N4OS. The Kier molecular flexibility index (Phi) is 3.12. The maximum Gasteiger partial charge on any atom is 0.283 e. The lowest BCUT2D eigenvalue weighted by atomic mass is 10.1. The standard InChI is InChI=1S/C17H14N4OS/c1-10-6-5-9-13(11(10)2)18-16-20-21-15(22)12-7-3-4-8-14(12)19-17(21)23-16/h3-9H,1-2H3,(H,18,20). The van der Waals surface area contributed by atoms with Crippen molar-refractivity contribution < 1.29 is 0 Å². The molecule has 0 radical (unpaired) electrons. The first-order chi connectivity index (χ1) is 11.1. The van der Waals surface area contributed by atoms with E-state index in [0.717, 1.165) is 11.3 Å². The van der Waals surface area contributed by atoms with Gasteiger partial charge in [-0.2, -0.15) is 4.52 Å². The van der Waals surface area contributed by atoms with Crippen molar-refractivity contribution in [3.8, 4) is 0 Å². The number of aryl methyl sites for hydroxylation is 1. The minimum atomic E-state index is -0.143. The summed E-state index contributed by atoms with van der Waals surface area (Å²) in [4.78, 5) is 17.6. The van der Waals surface area contributed by atoms with E-state index in [1.54, 1.807) is 6.07 Å². The number of fused-ring (bicyclic) bond motifs is 2. The molecule has 4 aromatic rings. The van der Waals surface area contributed by atoms with Crippen molar-refractivity contribution in [3.63, 3.8) is 0 Å². The van der Waals surface area contributed by atoms with Gasteiger partial charge < -0.3 is 5.32 Å². The minimum Gasteiger partial charge on any atom is -0.330 e. The molecule has 6 heteroatoms. The zero-order chi connectivity index (χ0) is 16.0. The molecule has 0 aliphatic heterocycles. The summed E-state index contributed by atoms with van der Waals surface area (Å²) < 4.78 is 1.36. The van der Waals surface area contributed by atoms with Crippen LogP contribution in [0.1, 0.15) is 11.1 Å². The number of hydrogen-bond acceptors (Lipinski definition) is 5. The van der Waals surface area contributed by atoms with Crippen molar-refractivity contribution in [1.82, 2.24) is 14.6 Å². The maximum atomic E-state index is 12.5. The van der Waals surface area contributed by atoms with Crippen LogP contribution in [0.3, 0.4) is 0 Å². The van der Waals surface area contributed by atoms with Crippen molar-refractivity contribution in [3.05, 3.63) is 63.9 Å². The highest BCUT2D eigenvalue weighted by molar-refractivity contribution is 7.20. The number of nitrogens with one attached hydrogen (secondary N) is 1. The summed E-state index contributed by atoms with van der Waals surface area (Å²) in [5.41, 5.74) is 3.91. The van der Waals surface area contributed by atoms with Crippen LogP contribution >= 0.6 is 11.3 Å². The van der Waals surface area contributed by atoms with E-state index >= 15 is 0 Å². The first-order valence-electron chi connectivity index (χ1n) is 7.25. The Bertz CT molecular complexity index is 1100. The smallest absolute Gasteiger partial charge is 0.283 e. The second-order valence-corrected chi connectivity index (χ2v) is 6.36. The van der Waals surface area contributed by atoms with Gasteiger partial charge in [0, 0.05) is 5.69 Å². The first kappa shape index (κ1) is 13.9. The van der Waals surface area contributed by atoms with E-state index in [2.05, 4.69) is 35.3 Å². The Hall–Kier alpha value is -2.73. The van der Waals surface area contributed by atoms with E-state index < -0.39 is 0 Å². The number of para-hydroxylation sites is 1. The summed E-state index contributed by atoms with van der Waals surface area (Å²) in [5, 5.41) is 8.90. The lowest BCUT2D eigenvalue weighted by Gasteiger charge is -2.08. The van der Waals surface area contributed by atoms with Gasteiger partial charge in [0.05, 0.1) is 10.9 Å². The molecule has 0 atom stereocenters. The molecule has 0 saturated heterocycles. The van der Waals surface area contributed by atoms with Crippen LogP contribution in [0.5, 0.6) is 0 Å². The van der Waals surface area contributed by atoms with Gasteiger partial charge in [-0.1, -0.05) is 35.6 Å². The normalized spacial score (nSPS) is 11.2. The second-order valence-electron chi connectivity index (χ2n) is 5.41. The molecule has 0 aliphatic rings. The average Bonchev–Trinajstić information content (AvgIpc) is 2.95. The minimum absolute atomic E-state index is 0.143. The summed E-state index contributed by atoms with van der Waals surface area (Å²) in [6.07, 6.45) is 0. The Balaban J connectivity index is 1.86. The van der Waals surface area contributed by atoms with E-state index in [9.17, 15) is 4.79 Å². The van der Waals surface area contributed by atoms with Crippen LogP contribution in [0.25, 0.3) is 15.9 Å². The molecule has 0 amide bonds. The van der Waals surface area contributed by atoms with E-state index in [0.29, 0.717) is 21.0 Å². The van der Waals surface area contributed by atoms with E-state index in [-0.39, 0.29) is 5.56 Å². The highest BCUT2D eigenvalue weighted by Crippen LogP contribution is 2.26. The Morgan fingerprint density at radius 2 is 1.91 bits per heavy atom. The predicted octanol–water partition coefficient (Wildman–Crippen LogP) is 3.66. The third-order valence-corrected chi connectivity index (χ3v) is 4.77. The summed E-state index contributed by atoms with van der Waals surface area (Å²) in [7, 11) is 0.